The van der Waals surface area contributed by atoms with Gasteiger partial charge in [-0.2, -0.15) is 0 Å². The van der Waals surface area contributed by atoms with Crippen molar-refractivity contribution in [1.29, 1.82) is 0 Å². The van der Waals surface area contributed by atoms with Crippen molar-refractivity contribution < 1.29 is 39.5 Å². The van der Waals surface area contributed by atoms with Crippen LogP contribution in [0.4, 0.5) is 0 Å². The third-order valence-electron chi connectivity index (χ3n) is 6.96. The zero-order valence-corrected chi connectivity index (χ0v) is 18.2. The third kappa shape index (κ3) is 4.22. The van der Waals surface area contributed by atoms with E-state index in [1.165, 1.54) is 0 Å². The third-order valence-corrected chi connectivity index (χ3v) is 6.96. The molecule has 2 aliphatic rings. The number of ether oxygens (including phenoxy) is 2. The number of nitrogens with two attached hydrogens (primary N) is 1. The minimum atomic E-state index is -0.978. The van der Waals surface area contributed by atoms with E-state index >= 15 is 0 Å². The number of phenolic OH excluding ortho intramolecular Hbond substituents is 2. The number of carbonyl (C=O) groups is 2. The summed E-state index contributed by atoms with van der Waals surface area (Å²) in [6, 6.07) is 1.11. The van der Waals surface area contributed by atoms with Crippen LogP contribution < -0.4 is 5.73 Å². The van der Waals surface area contributed by atoms with Gasteiger partial charge in [-0.05, 0) is 18.1 Å². The summed E-state index contributed by atoms with van der Waals surface area (Å²) in [5.74, 6) is -2.38. The summed E-state index contributed by atoms with van der Waals surface area (Å²) in [5.41, 5.74) is 5.61. The number of cyclic esters (lactones) is 1. The number of rotatable bonds is 5. The van der Waals surface area contributed by atoms with Gasteiger partial charge in [0.05, 0.1) is 18.3 Å². The highest BCUT2D eigenvalue weighted by atomic mass is 16.5. The van der Waals surface area contributed by atoms with Gasteiger partial charge in [-0.15, -0.1) is 0 Å². The second-order valence-corrected chi connectivity index (χ2v) is 9.29. The lowest BCUT2D eigenvalue weighted by molar-refractivity contribution is -0.190. The molecule has 2 heterocycles. The number of hydrogen-bond acceptors (Lipinski definition) is 8. The number of hydrogen-bond donors (Lipinski definition) is 5. The number of primary amides is 1. The maximum absolute atomic E-state index is 12.5. The lowest BCUT2D eigenvalue weighted by atomic mass is 9.73. The number of phenols is 2. The van der Waals surface area contributed by atoms with Crippen molar-refractivity contribution >= 4 is 11.9 Å². The van der Waals surface area contributed by atoms with Crippen LogP contribution in [0.5, 0.6) is 11.5 Å². The molecule has 6 N–H and O–H groups in total. The molecule has 0 radical (unpaired) electrons. The molecule has 1 saturated heterocycles. The van der Waals surface area contributed by atoms with E-state index in [2.05, 4.69) is 0 Å². The molecule has 0 saturated carbocycles. The van der Waals surface area contributed by atoms with Crippen LogP contribution in [-0.2, 0) is 20.7 Å². The Morgan fingerprint density at radius 1 is 1.32 bits per heavy atom. The molecule has 0 aliphatic carbocycles. The maximum Gasteiger partial charge on any atom is 0.342 e. The zero-order chi connectivity index (χ0) is 23.2. The Morgan fingerprint density at radius 3 is 2.58 bits per heavy atom. The van der Waals surface area contributed by atoms with Crippen LogP contribution in [0.3, 0.4) is 0 Å². The summed E-state index contributed by atoms with van der Waals surface area (Å²) < 4.78 is 11.3. The molecule has 1 fully saturated rings. The Bertz CT molecular complexity index is 883. The van der Waals surface area contributed by atoms with Crippen molar-refractivity contribution in [3.8, 4) is 11.5 Å². The first-order valence-electron chi connectivity index (χ1n) is 10.4. The van der Waals surface area contributed by atoms with Gasteiger partial charge >= 0.3 is 5.97 Å². The molecule has 6 atom stereocenters. The van der Waals surface area contributed by atoms with Gasteiger partial charge in [0.15, 0.2) is 0 Å². The van der Waals surface area contributed by atoms with Gasteiger partial charge < -0.3 is 35.6 Å². The van der Waals surface area contributed by atoms with Crippen molar-refractivity contribution in [2.75, 3.05) is 0 Å². The Kier molecular flexibility index (Phi) is 6.23. The molecule has 9 nitrogen and oxygen atoms in total. The molecular formula is C22H31NO8. The fraction of sp³-hybridized carbons (Fsp3) is 0.636. The summed E-state index contributed by atoms with van der Waals surface area (Å²) >= 11 is 0. The normalized spacial score (nSPS) is 29.5. The lowest BCUT2D eigenvalue weighted by Gasteiger charge is -2.46. The minimum absolute atomic E-state index is 0.0254. The van der Waals surface area contributed by atoms with Crippen LogP contribution in [0.25, 0.3) is 0 Å². The SMILES string of the molecule is Cc1c(O)cc(O)c2c1C[C@H]([C@H](C)[C@@H](O)CC1O[C@H](C(N)=O)CC(O)C1(C)C)OC2=O. The number of amides is 1. The summed E-state index contributed by atoms with van der Waals surface area (Å²) in [7, 11) is 0. The second kappa shape index (κ2) is 8.29. The van der Waals surface area contributed by atoms with E-state index in [0.29, 0.717) is 11.1 Å². The first-order chi connectivity index (χ1) is 14.3. The summed E-state index contributed by atoms with van der Waals surface area (Å²) in [4.78, 5) is 24.1. The van der Waals surface area contributed by atoms with Crippen LogP contribution in [0.1, 0.15) is 55.1 Å². The zero-order valence-electron chi connectivity index (χ0n) is 18.2. The summed E-state index contributed by atoms with van der Waals surface area (Å²) in [6.45, 7) is 6.96. The minimum Gasteiger partial charge on any atom is -0.508 e. The van der Waals surface area contributed by atoms with Crippen LogP contribution in [0.15, 0.2) is 6.07 Å². The number of carbonyl (C=O) groups excluding carboxylic acids is 2. The molecule has 9 heteroatoms. The fourth-order valence-electron chi connectivity index (χ4n) is 4.40. The monoisotopic (exact) mass is 437 g/mol. The van der Waals surface area contributed by atoms with Gasteiger partial charge in [-0.3, -0.25) is 4.79 Å². The van der Waals surface area contributed by atoms with Crippen molar-refractivity contribution in [3.05, 3.63) is 22.8 Å². The molecule has 2 aliphatic heterocycles. The first kappa shape index (κ1) is 23.3. The van der Waals surface area contributed by atoms with E-state index in [4.69, 9.17) is 15.2 Å². The Morgan fingerprint density at radius 2 is 1.97 bits per heavy atom. The molecule has 1 aromatic carbocycles. The molecule has 0 bridgehead atoms. The van der Waals surface area contributed by atoms with Crippen molar-refractivity contribution in [2.24, 2.45) is 17.1 Å². The van der Waals surface area contributed by atoms with Crippen LogP contribution in [0, 0.1) is 18.3 Å². The molecule has 1 amide bonds. The summed E-state index contributed by atoms with van der Waals surface area (Å²) in [5, 5.41) is 41.4. The van der Waals surface area contributed by atoms with Crippen molar-refractivity contribution in [1.82, 2.24) is 0 Å². The molecule has 0 aromatic heterocycles. The number of fused-ring (bicyclic) bond motifs is 1. The van der Waals surface area contributed by atoms with Gasteiger partial charge in [0.2, 0.25) is 5.91 Å². The van der Waals surface area contributed by atoms with Crippen LogP contribution >= 0.6 is 0 Å². The van der Waals surface area contributed by atoms with Gasteiger partial charge in [0.25, 0.3) is 0 Å². The standard InChI is InChI=1S/C22H31NO8/c1-9-11-5-15(31-21(29)19(11)14(26)6-12(9)24)10(2)13(25)7-18-22(3,4)17(27)8-16(30-18)20(23)28/h6,10,13,15-18,24-27H,5,7-8H2,1-4H3,(H2,23,28)/t10-,13+,15-,16+,17?,18?/m1/s1. The molecule has 31 heavy (non-hydrogen) atoms. The molecule has 2 unspecified atom stereocenters. The number of aliphatic hydroxyl groups is 2. The lowest BCUT2D eigenvalue weighted by Crippen LogP contribution is -2.55. The van der Waals surface area contributed by atoms with E-state index < -0.39 is 53.7 Å². The highest BCUT2D eigenvalue weighted by molar-refractivity contribution is 5.96. The Hall–Kier alpha value is -2.36. The average molecular weight is 437 g/mol. The number of benzene rings is 1. The molecule has 1 aromatic rings. The Labute approximate surface area is 180 Å². The van der Waals surface area contributed by atoms with Gasteiger partial charge in [0, 0.05) is 36.7 Å². The largest absolute Gasteiger partial charge is 0.508 e. The maximum atomic E-state index is 12.5. The highest BCUT2D eigenvalue weighted by Gasteiger charge is 2.47. The van der Waals surface area contributed by atoms with Gasteiger partial charge in [-0.1, -0.05) is 20.8 Å². The molecule has 3 rings (SSSR count). The summed E-state index contributed by atoms with van der Waals surface area (Å²) in [6.07, 6.45) is -3.69. The second-order valence-electron chi connectivity index (χ2n) is 9.29. The molecule has 0 spiro atoms. The van der Waals surface area contributed by atoms with Crippen molar-refractivity contribution in [3.63, 3.8) is 0 Å². The Balaban J connectivity index is 1.78. The van der Waals surface area contributed by atoms with E-state index in [1.807, 2.05) is 0 Å². The topological polar surface area (TPSA) is 160 Å². The number of aromatic hydroxyl groups is 2. The average Bonchev–Trinajstić information content (AvgIpc) is 2.68. The first-order valence-corrected chi connectivity index (χ1v) is 10.4. The fourth-order valence-corrected chi connectivity index (χ4v) is 4.40. The van der Waals surface area contributed by atoms with E-state index in [1.54, 1.807) is 27.7 Å². The van der Waals surface area contributed by atoms with Crippen LogP contribution in [0.2, 0.25) is 0 Å². The van der Waals surface area contributed by atoms with Gasteiger partial charge in [-0.25, -0.2) is 4.79 Å². The predicted molar refractivity (Wildman–Crippen MR) is 109 cm³/mol. The van der Waals surface area contributed by atoms with Gasteiger partial charge in [0.1, 0.15) is 29.3 Å². The number of aliphatic hydroxyl groups excluding tert-OH is 2. The van der Waals surface area contributed by atoms with E-state index in [-0.39, 0.29) is 36.3 Å². The smallest absolute Gasteiger partial charge is 0.342 e. The van der Waals surface area contributed by atoms with Crippen LogP contribution in [-0.4, -0.2) is 62.8 Å². The van der Waals surface area contributed by atoms with Crippen molar-refractivity contribution in [2.45, 2.75) is 77.5 Å². The molecule has 172 valence electrons. The number of esters is 1. The van der Waals surface area contributed by atoms with E-state index in [9.17, 15) is 30.0 Å². The molecular weight excluding hydrogens is 406 g/mol. The quantitative estimate of drug-likeness (QED) is 0.425. The highest BCUT2D eigenvalue weighted by Crippen LogP contribution is 2.41. The predicted octanol–water partition coefficient (Wildman–Crippen LogP) is 0.905. The van der Waals surface area contributed by atoms with E-state index in [0.717, 1.165) is 6.07 Å².